The lowest BCUT2D eigenvalue weighted by Crippen LogP contribution is -2.44. The Morgan fingerprint density at radius 3 is 2.81 bits per heavy atom. The second-order valence-corrected chi connectivity index (χ2v) is 5.75. The fraction of sp³-hybridized carbons (Fsp3) is 0.625. The van der Waals surface area contributed by atoms with Crippen LogP contribution < -0.4 is 5.32 Å². The molecule has 1 saturated heterocycles. The Balaban J connectivity index is 1.59. The summed E-state index contributed by atoms with van der Waals surface area (Å²) in [4.78, 5) is 2.31. The number of nitrogens with one attached hydrogen (secondary N) is 1. The molecule has 2 rings (SSSR count). The van der Waals surface area contributed by atoms with E-state index in [0.717, 1.165) is 25.9 Å². The molecule has 0 amide bonds. The number of aliphatic hydroxyl groups excluding tert-OH is 1. The summed E-state index contributed by atoms with van der Waals surface area (Å²) in [6.45, 7) is 3.12. The first-order chi connectivity index (χ1) is 10.1. The molecule has 0 radical (unpaired) electrons. The van der Waals surface area contributed by atoms with Crippen molar-refractivity contribution in [2.45, 2.75) is 31.6 Å². The first kappa shape index (κ1) is 16.4. The maximum absolute atomic E-state index is 13.4. The number of halogens is 1. The van der Waals surface area contributed by atoms with Gasteiger partial charge in [-0.1, -0.05) is 18.2 Å². The average molecular weight is 296 g/mol. The Bertz CT molecular complexity index is 422. The molecule has 0 spiro atoms. The number of hydrogen-bond donors (Lipinski definition) is 2. The van der Waals surface area contributed by atoms with Gasteiger partial charge in [-0.25, -0.2) is 4.39 Å². The maximum Gasteiger partial charge on any atom is 0.128 e. The second-order valence-electron chi connectivity index (χ2n) is 5.75. The van der Waals surface area contributed by atoms with Gasteiger partial charge in [0.2, 0.25) is 0 Å². The minimum atomic E-state index is -0.559. The van der Waals surface area contributed by atoms with Gasteiger partial charge in [-0.05, 0) is 39.0 Å². The van der Waals surface area contributed by atoms with E-state index >= 15 is 0 Å². The molecule has 1 aliphatic heterocycles. The van der Waals surface area contributed by atoms with Crippen LogP contribution in [0.4, 0.5) is 4.39 Å². The Hall–Kier alpha value is -1.01. The van der Waals surface area contributed by atoms with E-state index in [1.54, 1.807) is 18.2 Å². The van der Waals surface area contributed by atoms with Crippen LogP contribution >= 0.6 is 0 Å². The number of likely N-dealkylation sites (tertiary alicyclic amines) is 1. The summed E-state index contributed by atoms with van der Waals surface area (Å²) in [6.07, 6.45) is 1.66. The third-order valence-electron chi connectivity index (χ3n) is 3.89. The predicted molar refractivity (Wildman–Crippen MR) is 80.6 cm³/mol. The van der Waals surface area contributed by atoms with Crippen molar-refractivity contribution in [3.63, 3.8) is 0 Å². The van der Waals surface area contributed by atoms with E-state index in [1.165, 1.54) is 6.07 Å². The zero-order chi connectivity index (χ0) is 15.1. The molecule has 1 atom stereocenters. The van der Waals surface area contributed by atoms with Crippen LogP contribution in [0.2, 0.25) is 0 Å². The lowest BCUT2D eigenvalue weighted by atomic mass is 10.1. The third kappa shape index (κ3) is 5.71. The summed E-state index contributed by atoms with van der Waals surface area (Å²) in [5, 5.41) is 13.3. The number of nitrogens with zero attached hydrogens (tertiary/aromatic N) is 1. The number of rotatable bonds is 7. The zero-order valence-corrected chi connectivity index (χ0v) is 12.6. The van der Waals surface area contributed by atoms with Crippen molar-refractivity contribution in [3.05, 3.63) is 35.6 Å². The highest BCUT2D eigenvalue weighted by Gasteiger charge is 2.17. The molecule has 118 valence electrons. The lowest BCUT2D eigenvalue weighted by molar-refractivity contribution is 0.0256. The number of hydrogen-bond acceptors (Lipinski definition) is 4. The summed E-state index contributed by atoms with van der Waals surface area (Å²) in [7, 11) is 2.13. The summed E-state index contributed by atoms with van der Waals surface area (Å²) in [6, 6.07) is 7.01. The molecule has 1 fully saturated rings. The van der Waals surface area contributed by atoms with Gasteiger partial charge >= 0.3 is 0 Å². The monoisotopic (exact) mass is 296 g/mol. The fourth-order valence-electron chi connectivity index (χ4n) is 2.49. The van der Waals surface area contributed by atoms with Crippen LogP contribution in [-0.2, 0) is 11.3 Å². The van der Waals surface area contributed by atoms with Crippen molar-refractivity contribution in [2.75, 3.05) is 33.3 Å². The minimum absolute atomic E-state index is 0.192. The molecule has 1 aliphatic rings. The van der Waals surface area contributed by atoms with Gasteiger partial charge < -0.3 is 20.1 Å². The van der Waals surface area contributed by atoms with E-state index in [-0.39, 0.29) is 19.0 Å². The Morgan fingerprint density at radius 1 is 1.38 bits per heavy atom. The molecule has 4 nitrogen and oxygen atoms in total. The van der Waals surface area contributed by atoms with Crippen molar-refractivity contribution < 1.29 is 14.2 Å². The number of piperidine rings is 1. The third-order valence-corrected chi connectivity index (χ3v) is 3.89. The van der Waals surface area contributed by atoms with Crippen LogP contribution in [-0.4, -0.2) is 55.4 Å². The average Bonchev–Trinajstić information content (AvgIpc) is 2.49. The van der Waals surface area contributed by atoms with Crippen molar-refractivity contribution in [3.8, 4) is 0 Å². The highest BCUT2D eigenvalue weighted by molar-refractivity contribution is 5.16. The standard InChI is InChI=1S/C16H25FN2O2/c1-19-8-6-14(7-9-19)18-10-15(20)12-21-11-13-4-2-3-5-16(13)17/h2-5,14-15,18,20H,6-12H2,1H3. The molecule has 1 aromatic carbocycles. The van der Waals surface area contributed by atoms with E-state index in [9.17, 15) is 9.50 Å². The molecule has 0 bridgehead atoms. The van der Waals surface area contributed by atoms with Gasteiger partial charge in [0.1, 0.15) is 5.82 Å². The van der Waals surface area contributed by atoms with E-state index < -0.39 is 6.10 Å². The molecular weight excluding hydrogens is 271 g/mol. The Morgan fingerprint density at radius 2 is 2.10 bits per heavy atom. The normalized spacial score (nSPS) is 18.8. The van der Waals surface area contributed by atoms with E-state index in [1.807, 2.05) is 0 Å². The molecule has 21 heavy (non-hydrogen) atoms. The molecule has 1 unspecified atom stereocenters. The van der Waals surface area contributed by atoms with Crippen LogP contribution in [0.5, 0.6) is 0 Å². The molecule has 1 heterocycles. The van der Waals surface area contributed by atoms with Crippen LogP contribution in [0.1, 0.15) is 18.4 Å². The quantitative estimate of drug-likeness (QED) is 0.798. The van der Waals surface area contributed by atoms with E-state index in [0.29, 0.717) is 18.2 Å². The predicted octanol–water partition coefficient (Wildman–Crippen LogP) is 1.39. The summed E-state index contributed by atoms with van der Waals surface area (Å²) < 4.78 is 18.8. The number of ether oxygens (including phenoxy) is 1. The van der Waals surface area contributed by atoms with Gasteiger partial charge in [-0.2, -0.15) is 0 Å². The Kier molecular flexibility index (Phi) is 6.57. The van der Waals surface area contributed by atoms with Crippen LogP contribution in [0.3, 0.4) is 0 Å². The fourth-order valence-corrected chi connectivity index (χ4v) is 2.49. The maximum atomic E-state index is 13.4. The van der Waals surface area contributed by atoms with Gasteiger partial charge in [-0.15, -0.1) is 0 Å². The molecule has 5 heteroatoms. The first-order valence-corrected chi connectivity index (χ1v) is 7.56. The van der Waals surface area contributed by atoms with Crippen LogP contribution in [0.15, 0.2) is 24.3 Å². The lowest BCUT2D eigenvalue weighted by Gasteiger charge is -2.30. The highest BCUT2D eigenvalue weighted by atomic mass is 19.1. The molecule has 1 aromatic rings. The van der Waals surface area contributed by atoms with Gasteiger partial charge in [0, 0.05) is 18.2 Å². The number of benzene rings is 1. The summed E-state index contributed by atoms with van der Waals surface area (Å²) in [5.74, 6) is -0.267. The van der Waals surface area contributed by atoms with Crippen molar-refractivity contribution in [1.82, 2.24) is 10.2 Å². The van der Waals surface area contributed by atoms with Crippen molar-refractivity contribution in [1.29, 1.82) is 0 Å². The SMILES string of the molecule is CN1CCC(NCC(O)COCc2ccccc2F)CC1. The molecule has 2 N–H and O–H groups in total. The van der Waals surface area contributed by atoms with Crippen molar-refractivity contribution >= 4 is 0 Å². The van der Waals surface area contributed by atoms with Crippen LogP contribution in [0, 0.1) is 5.82 Å². The van der Waals surface area contributed by atoms with Crippen LogP contribution in [0.25, 0.3) is 0 Å². The van der Waals surface area contributed by atoms with E-state index in [2.05, 4.69) is 17.3 Å². The van der Waals surface area contributed by atoms with Gasteiger partial charge in [0.25, 0.3) is 0 Å². The topological polar surface area (TPSA) is 44.7 Å². The smallest absolute Gasteiger partial charge is 0.128 e. The summed E-state index contributed by atoms with van der Waals surface area (Å²) in [5.41, 5.74) is 0.521. The number of aliphatic hydroxyl groups is 1. The van der Waals surface area contributed by atoms with Gasteiger partial charge in [-0.3, -0.25) is 0 Å². The molecule has 0 saturated carbocycles. The summed E-state index contributed by atoms with van der Waals surface area (Å²) >= 11 is 0. The van der Waals surface area contributed by atoms with Crippen molar-refractivity contribution in [2.24, 2.45) is 0 Å². The zero-order valence-electron chi connectivity index (χ0n) is 12.6. The molecular formula is C16H25FN2O2. The molecule has 0 aliphatic carbocycles. The molecule has 0 aromatic heterocycles. The van der Waals surface area contributed by atoms with E-state index in [4.69, 9.17) is 4.74 Å². The Labute approximate surface area is 125 Å². The first-order valence-electron chi connectivity index (χ1n) is 7.56. The largest absolute Gasteiger partial charge is 0.389 e. The second kappa shape index (κ2) is 8.44. The van der Waals surface area contributed by atoms with Gasteiger partial charge in [0.15, 0.2) is 0 Å². The van der Waals surface area contributed by atoms with Gasteiger partial charge in [0.05, 0.1) is 19.3 Å². The minimum Gasteiger partial charge on any atom is -0.389 e. The highest BCUT2D eigenvalue weighted by Crippen LogP contribution is 2.09.